The number of hydrogen-bond acceptors (Lipinski definition) is 3. The third-order valence-electron chi connectivity index (χ3n) is 3.99. The third kappa shape index (κ3) is 13.3. The predicted molar refractivity (Wildman–Crippen MR) is 88.1 cm³/mol. The first kappa shape index (κ1) is 20.9. The maximum absolute atomic E-state index is 11.4. The van der Waals surface area contributed by atoms with Crippen LogP contribution in [0.4, 0.5) is 0 Å². The summed E-state index contributed by atoms with van der Waals surface area (Å²) in [6.07, 6.45) is 12.6. The number of unbranched alkanes of at least 4 members (excludes halogenated alkanes) is 9. The molecule has 5 heteroatoms. The minimum absolute atomic E-state index is 0.228. The van der Waals surface area contributed by atoms with Crippen molar-refractivity contribution in [2.75, 3.05) is 6.61 Å². The van der Waals surface area contributed by atoms with E-state index in [9.17, 15) is 13.0 Å². The van der Waals surface area contributed by atoms with Crippen molar-refractivity contribution in [2.24, 2.45) is 0 Å². The molecule has 0 fully saturated rings. The molecule has 21 heavy (non-hydrogen) atoms. The summed E-state index contributed by atoms with van der Waals surface area (Å²) in [6, 6.07) is 0. The topological polar surface area (TPSA) is 74.6 Å². The molecule has 0 aromatic heterocycles. The Morgan fingerprint density at radius 2 is 1.19 bits per heavy atom. The quantitative estimate of drug-likeness (QED) is 0.348. The van der Waals surface area contributed by atoms with Crippen molar-refractivity contribution in [3.63, 3.8) is 0 Å². The van der Waals surface area contributed by atoms with E-state index in [4.69, 9.17) is 5.11 Å². The molecule has 0 heterocycles. The smallest absolute Gasteiger partial charge is 0.267 e. The van der Waals surface area contributed by atoms with E-state index in [1.165, 1.54) is 19.3 Å². The van der Waals surface area contributed by atoms with Crippen LogP contribution in [0.3, 0.4) is 0 Å². The molecule has 0 aromatic rings. The molecule has 128 valence electrons. The Hall–Kier alpha value is -0.130. The van der Waals surface area contributed by atoms with Gasteiger partial charge >= 0.3 is 0 Å². The maximum atomic E-state index is 11.4. The van der Waals surface area contributed by atoms with Crippen molar-refractivity contribution in [1.82, 2.24) is 0 Å². The first-order chi connectivity index (χ1) is 10.0. The number of aliphatic hydroxyl groups excluding tert-OH is 1. The fourth-order valence-electron chi connectivity index (χ4n) is 2.61. The first-order valence-corrected chi connectivity index (χ1v) is 10.1. The zero-order valence-corrected chi connectivity index (χ0v) is 14.4. The standard InChI is InChI=1S/C16H34O4S/c1-2-3-4-5-7-10-13-16(21(18,19)20)14-11-8-6-9-12-15-17/h16-17H,2-15H2,1H3,(H,18,19,20). The first-order valence-electron chi connectivity index (χ1n) is 8.59. The van der Waals surface area contributed by atoms with Crippen LogP contribution >= 0.6 is 0 Å². The minimum Gasteiger partial charge on any atom is -0.396 e. The summed E-state index contributed by atoms with van der Waals surface area (Å²) < 4.78 is 32.1. The Balaban J connectivity index is 3.79. The van der Waals surface area contributed by atoms with Crippen molar-refractivity contribution >= 4 is 10.1 Å². The third-order valence-corrected chi connectivity index (χ3v) is 5.30. The molecule has 0 aliphatic carbocycles. The van der Waals surface area contributed by atoms with Crippen molar-refractivity contribution < 1.29 is 18.1 Å². The van der Waals surface area contributed by atoms with Crippen LogP contribution in [0.2, 0.25) is 0 Å². The lowest BCUT2D eigenvalue weighted by Crippen LogP contribution is -2.20. The van der Waals surface area contributed by atoms with Crippen LogP contribution in [0.1, 0.15) is 90.4 Å². The van der Waals surface area contributed by atoms with E-state index in [1.54, 1.807) is 0 Å². The molecule has 0 saturated heterocycles. The molecule has 0 amide bonds. The van der Waals surface area contributed by atoms with Gasteiger partial charge in [-0.05, 0) is 19.3 Å². The Morgan fingerprint density at radius 1 is 0.762 bits per heavy atom. The second-order valence-electron chi connectivity index (χ2n) is 5.97. The average Bonchev–Trinajstić information content (AvgIpc) is 2.42. The lowest BCUT2D eigenvalue weighted by atomic mass is 10.0. The van der Waals surface area contributed by atoms with Gasteiger partial charge in [0.1, 0.15) is 0 Å². The fraction of sp³-hybridized carbons (Fsp3) is 1.00. The lowest BCUT2D eigenvalue weighted by molar-refractivity contribution is 0.282. The molecule has 2 N–H and O–H groups in total. The second kappa shape index (κ2) is 13.5. The summed E-state index contributed by atoms with van der Waals surface area (Å²) in [7, 11) is -3.90. The van der Waals surface area contributed by atoms with E-state index in [2.05, 4.69) is 6.92 Å². The number of hydrogen-bond donors (Lipinski definition) is 2. The van der Waals surface area contributed by atoms with E-state index < -0.39 is 15.4 Å². The van der Waals surface area contributed by atoms with Crippen LogP contribution in [-0.4, -0.2) is 29.9 Å². The summed E-state index contributed by atoms with van der Waals surface area (Å²) >= 11 is 0. The molecule has 0 bridgehead atoms. The van der Waals surface area contributed by atoms with Gasteiger partial charge in [-0.3, -0.25) is 4.55 Å². The van der Waals surface area contributed by atoms with Gasteiger partial charge in [0, 0.05) is 6.61 Å². The Labute approximate surface area is 131 Å². The zero-order chi connectivity index (χ0) is 16.0. The van der Waals surface area contributed by atoms with Crippen LogP contribution in [-0.2, 0) is 10.1 Å². The van der Waals surface area contributed by atoms with Gasteiger partial charge in [0.25, 0.3) is 10.1 Å². The highest BCUT2D eigenvalue weighted by Crippen LogP contribution is 2.18. The highest BCUT2D eigenvalue weighted by atomic mass is 32.2. The maximum Gasteiger partial charge on any atom is 0.267 e. The van der Waals surface area contributed by atoms with Gasteiger partial charge in [0.2, 0.25) is 0 Å². The van der Waals surface area contributed by atoms with Gasteiger partial charge in [0.15, 0.2) is 0 Å². The predicted octanol–water partition coefficient (Wildman–Crippen LogP) is 4.33. The van der Waals surface area contributed by atoms with Crippen LogP contribution in [0, 0.1) is 0 Å². The van der Waals surface area contributed by atoms with E-state index in [0.717, 1.165) is 51.4 Å². The molecule has 1 atom stereocenters. The van der Waals surface area contributed by atoms with Gasteiger partial charge < -0.3 is 5.11 Å². The Kier molecular flexibility index (Phi) is 13.4. The van der Waals surface area contributed by atoms with Crippen molar-refractivity contribution in [3.05, 3.63) is 0 Å². The van der Waals surface area contributed by atoms with Crippen LogP contribution in [0.5, 0.6) is 0 Å². The van der Waals surface area contributed by atoms with E-state index >= 15 is 0 Å². The molecule has 0 radical (unpaired) electrons. The van der Waals surface area contributed by atoms with Gasteiger partial charge in [-0.1, -0.05) is 71.1 Å². The number of aliphatic hydroxyl groups is 1. The molecule has 1 unspecified atom stereocenters. The van der Waals surface area contributed by atoms with Gasteiger partial charge in [-0.25, -0.2) is 0 Å². The van der Waals surface area contributed by atoms with Gasteiger partial charge in [0.05, 0.1) is 5.25 Å². The van der Waals surface area contributed by atoms with Crippen molar-refractivity contribution in [2.45, 2.75) is 95.6 Å². The van der Waals surface area contributed by atoms with Gasteiger partial charge in [-0.15, -0.1) is 0 Å². The molecular weight excluding hydrogens is 288 g/mol. The van der Waals surface area contributed by atoms with E-state index in [0.29, 0.717) is 12.8 Å². The van der Waals surface area contributed by atoms with Crippen LogP contribution in [0.15, 0.2) is 0 Å². The minimum atomic E-state index is -3.90. The highest BCUT2D eigenvalue weighted by molar-refractivity contribution is 7.86. The molecule has 0 aromatic carbocycles. The number of rotatable bonds is 15. The monoisotopic (exact) mass is 322 g/mol. The fourth-order valence-corrected chi connectivity index (χ4v) is 3.54. The summed E-state index contributed by atoms with van der Waals surface area (Å²) in [6.45, 7) is 2.40. The summed E-state index contributed by atoms with van der Waals surface area (Å²) in [5.74, 6) is 0. The molecule has 0 spiro atoms. The van der Waals surface area contributed by atoms with Crippen LogP contribution in [0.25, 0.3) is 0 Å². The SMILES string of the molecule is CCCCCCCCC(CCCCCCCO)S(=O)(=O)O. The summed E-state index contributed by atoms with van der Waals surface area (Å²) in [4.78, 5) is 0. The summed E-state index contributed by atoms with van der Waals surface area (Å²) in [5, 5.41) is 8.10. The average molecular weight is 323 g/mol. The molecule has 0 saturated carbocycles. The van der Waals surface area contributed by atoms with Crippen LogP contribution < -0.4 is 0 Å². The Bertz CT molecular complexity index is 298. The molecular formula is C16H34O4S. The zero-order valence-electron chi connectivity index (χ0n) is 13.6. The Morgan fingerprint density at radius 3 is 1.62 bits per heavy atom. The second-order valence-corrected chi connectivity index (χ2v) is 7.67. The molecule has 0 aliphatic heterocycles. The van der Waals surface area contributed by atoms with Crippen molar-refractivity contribution in [3.8, 4) is 0 Å². The van der Waals surface area contributed by atoms with Gasteiger partial charge in [-0.2, -0.15) is 8.42 Å². The lowest BCUT2D eigenvalue weighted by Gasteiger charge is -2.13. The largest absolute Gasteiger partial charge is 0.396 e. The molecule has 4 nitrogen and oxygen atoms in total. The van der Waals surface area contributed by atoms with E-state index in [1.807, 2.05) is 0 Å². The molecule has 0 aliphatic rings. The highest BCUT2D eigenvalue weighted by Gasteiger charge is 2.21. The molecule has 0 rings (SSSR count). The van der Waals surface area contributed by atoms with Crippen molar-refractivity contribution in [1.29, 1.82) is 0 Å². The normalized spacial score (nSPS) is 13.5. The van der Waals surface area contributed by atoms with E-state index in [-0.39, 0.29) is 6.61 Å². The summed E-state index contributed by atoms with van der Waals surface area (Å²) in [5.41, 5.74) is 0.